The summed E-state index contributed by atoms with van der Waals surface area (Å²) >= 11 is 3.30. The Bertz CT molecular complexity index is 461. The Kier molecular flexibility index (Phi) is 4.90. The second kappa shape index (κ2) is 6.00. The molecule has 1 aromatic carbocycles. The molecule has 0 aliphatic rings. The molecule has 0 spiro atoms. The van der Waals surface area contributed by atoms with Crippen molar-refractivity contribution in [1.29, 1.82) is 0 Å². The molecule has 0 aliphatic heterocycles. The van der Waals surface area contributed by atoms with Crippen molar-refractivity contribution in [3.05, 3.63) is 34.3 Å². The first-order valence-electron chi connectivity index (χ1n) is 5.67. The third kappa shape index (κ3) is 3.84. The molecule has 4 nitrogen and oxygen atoms in total. The van der Waals surface area contributed by atoms with E-state index in [1.165, 1.54) is 0 Å². The molecule has 0 radical (unpaired) electrons. The molecule has 0 heterocycles. The van der Waals surface area contributed by atoms with Crippen molar-refractivity contribution in [1.82, 2.24) is 5.32 Å². The lowest BCUT2D eigenvalue weighted by molar-refractivity contribution is -0.138. The zero-order valence-electron chi connectivity index (χ0n) is 10.4. The lowest BCUT2D eigenvalue weighted by Gasteiger charge is -2.28. The number of halogens is 1. The fourth-order valence-corrected chi connectivity index (χ4v) is 2.04. The largest absolute Gasteiger partial charge is 0.481 e. The molecule has 1 rings (SSSR count). The normalized spacial score (nSPS) is 13.7. The van der Waals surface area contributed by atoms with Crippen molar-refractivity contribution in [2.45, 2.75) is 32.2 Å². The van der Waals surface area contributed by atoms with E-state index in [2.05, 4.69) is 21.2 Å². The number of nitrogens with one attached hydrogen (secondary N) is 1. The molecule has 0 saturated carbocycles. The molecule has 0 bridgehead atoms. The minimum atomic E-state index is -0.924. The van der Waals surface area contributed by atoms with Gasteiger partial charge in [-0.3, -0.25) is 9.59 Å². The monoisotopic (exact) mass is 313 g/mol. The summed E-state index contributed by atoms with van der Waals surface area (Å²) in [5, 5.41) is 11.6. The number of carbonyl (C=O) groups excluding carboxylic acids is 1. The molecule has 5 heteroatoms. The van der Waals surface area contributed by atoms with Crippen LogP contribution in [-0.4, -0.2) is 22.5 Å². The maximum Gasteiger partial charge on any atom is 0.305 e. The first-order valence-corrected chi connectivity index (χ1v) is 6.46. The van der Waals surface area contributed by atoms with Crippen molar-refractivity contribution >= 4 is 27.8 Å². The van der Waals surface area contributed by atoms with E-state index in [1.54, 1.807) is 25.1 Å². The van der Waals surface area contributed by atoms with Gasteiger partial charge in [0, 0.05) is 10.0 Å². The zero-order chi connectivity index (χ0) is 13.8. The van der Waals surface area contributed by atoms with Gasteiger partial charge in [0.25, 0.3) is 5.91 Å². The maximum absolute atomic E-state index is 12.1. The van der Waals surface area contributed by atoms with Crippen LogP contribution in [-0.2, 0) is 4.79 Å². The van der Waals surface area contributed by atoms with E-state index in [4.69, 9.17) is 5.11 Å². The number of carboxylic acids is 1. The summed E-state index contributed by atoms with van der Waals surface area (Å²) in [5.74, 6) is -1.19. The third-order valence-corrected chi connectivity index (χ3v) is 3.55. The first-order chi connectivity index (χ1) is 8.38. The van der Waals surface area contributed by atoms with Crippen molar-refractivity contribution in [2.24, 2.45) is 0 Å². The summed E-state index contributed by atoms with van der Waals surface area (Å²) in [7, 11) is 0. The van der Waals surface area contributed by atoms with Gasteiger partial charge in [-0.15, -0.1) is 0 Å². The highest BCUT2D eigenvalue weighted by Crippen LogP contribution is 2.19. The number of carboxylic acid groups (broad SMARTS) is 1. The van der Waals surface area contributed by atoms with Crippen LogP contribution in [0.5, 0.6) is 0 Å². The van der Waals surface area contributed by atoms with Gasteiger partial charge in [0.05, 0.1) is 12.0 Å². The highest BCUT2D eigenvalue weighted by atomic mass is 79.9. The van der Waals surface area contributed by atoms with E-state index in [9.17, 15) is 9.59 Å². The highest BCUT2D eigenvalue weighted by molar-refractivity contribution is 9.10. The number of hydrogen-bond acceptors (Lipinski definition) is 2. The molecule has 0 fully saturated rings. The maximum atomic E-state index is 12.1. The number of benzene rings is 1. The van der Waals surface area contributed by atoms with Gasteiger partial charge in [-0.2, -0.15) is 0 Å². The van der Waals surface area contributed by atoms with Gasteiger partial charge in [0.15, 0.2) is 0 Å². The molecule has 1 atom stereocenters. The van der Waals surface area contributed by atoms with Gasteiger partial charge in [0.1, 0.15) is 0 Å². The Morgan fingerprint density at radius 3 is 2.50 bits per heavy atom. The molecule has 0 aromatic heterocycles. The topological polar surface area (TPSA) is 66.4 Å². The van der Waals surface area contributed by atoms with Gasteiger partial charge in [0.2, 0.25) is 0 Å². The quantitative estimate of drug-likeness (QED) is 0.878. The van der Waals surface area contributed by atoms with Crippen molar-refractivity contribution < 1.29 is 14.7 Å². The SMILES string of the molecule is CC[C@@](C)(CC(=O)O)NC(=O)c1ccccc1Br. The molecular formula is C13H16BrNO3. The molecule has 1 amide bonds. The number of carbonyl (C=O) groups is 2. The van der Waals surface area contributed by atoms with Gasteiger partial charge >= 0.3 is 5.97 Å². The minimum Gasteiger partial charge on any atom is -0.481 e. The van der Waals surface area contributed by atoms with Crippen molar-refractivity contribution in [3.63, 3.8) is 0 Å². The second-order valence-electron chi connectivity index (χ2n) is 4.42. The van der Waals surface area contributed by atoms with E-state index in [0.29, 0.717) is 16.5 Å². The Labute approximate surface area is 115 Å². The predicted octanol–water partition coefficient (Wildman–Crippen LogP) is 2.82. The van der Waals surface area contributed by atoms with Crippen LogP contribution in [0.1, 0.15) is 37.0 Å². The van der Waals surface area contributed by atoms with Crippen LogP contribution in [0, 0.1) is 0 Å². The van der Waals surface area contributed by atoms with Crippen molar-refractivity contribution in [2.75, 3.05) is 0 Å². The molecule has 0 aliphatic carbocycles. The predicted molar refractivity (Wildman–Crippen MR) is 72.6 cm³/mol. The fourth-order valence-electron chi connectivity index (χ4n) is 1.58. The van der Waals surface area contributed by atoms with E-state index in [1.807, 2.05) is 13.0 Å². The van der Waals surface area contributed by atoms with E-state index < -0.39 is 11.5 Å². The van der Waals surface area contributed by atoms with Crippen LogP contribution >= 0.6 is 15.9 Å². The van der Waals surface area contributed by atoms with Gasteiger partial charge < -0.3 is 10.4 Å². The number of amides is 1. The molecule has 98 valence electrons. The van der Waals surface area contributed by atoms with E-state index >= 15 is 0 Å². The summed E-state index contributed by atoms with van der Waals surface area (Å²) in [6.45, 7) is 3.58. The summed E-state index contributed by atoms with van der Waals surface area (Å²) < 4.78 is 0.691. The number of hydrogen-bond donors (Lipinski definition) is 2. The number of rotatable bonds is 5. The average molecular weight is 314 g/mol. The minimum absolute atomic E-state index is 0.0975. The molecule has 2 N–H and O–H groups in total. The summed E-state index contributed by atoms with van der Waals surface area (Å²) in [4.78, 5) is 22.9. The second-order valence-corrected chi connectivity index (χ2v) is 5.27. The number of aliphatic carboxylic acids is 1. The smallest absolute Gasteiger partial charge is 0.305 e. The molecule has 0 unspecified atom stereocenters. The Balaban J connectivity index is 2.86. The lowest BCUT2D eigenvalue weighted by atomic mass is 9.94. The summed E-state index contributed by atoms with van der Waals surface area (Å²) in [6.07, 6.45) is 0.454. The Morgan fingerprint density at radius 1 is 1.39 bits per heavy atom. The Morgan fingerprint density at radius 2 is 2.00 bits per heavy atom. The highest BCUT2D eigenvalue weighted by Gasteiger charge is 2.28. The average Bonchev–Trinajstić information content (AvgIpc) is 2.28. The zero-order valence-corrected chi connectivity index (χ0v) is 12.0. The first kappa shape index (κ1) is 14.7. The van der Waals surface area contributed by atoms with Crippen LogP contribution in [0.2, 0.25) is 0 Å². The van der Waals surface area contributed by atoms with E-state index in [-0.39, 0.29) is 12.3 Å². The Hall–Kier alpha value is -1.36. The van der Waals surface area contributed by atoms with Gasteiger partial charge in [-0.25, -0.2) is 0 Å². The molecule has 1 aromatic rings. The van der Waals surface area contributed by atoms with Crippen LogP contribution in [0.3, 0.4) is 0 Å². The van der Waals surface area contributed by atoms with Crippen LogP contribution in [0.15, 0.2) is 28.7 Å². The van der Waals surface area contributed by atoms with E-state index in [0.717, 1.165) is 0 Å². The van der Waals surface area contributed by atoms with Crippen LogP contribution in [0.25, 0.3) is 0 Å². The van der Waals surface area contributed by atoms with Crippen LogP contribution in [0.4, 0.5) is 0 Å². The molecular weight excluding hydrogens is 298 g/mol. The lowest BCUT2D eigenvalue weighted by Crippen LogP contribution is -2.47. The summed E-state index contributed by atoms with van der Waals surface area (Å²) in [5.41, 5.74) is -0.236. The van der Waals surface area contributed by atoms with Crippen molar-refractivity contribution in [3.8, 4) is 0 Å². The molecule has 0 saturated heterocycles. The third-order valence-electron chi connectivity index (χ3n) is 2.86. The fraction of sp³-hybridized carbons (Fsp3) is 0.385. The van der Waals surface area contributed by atoms with Crippen LogP contribution < -0.4 is 5.32 Å². The molecule has 18 heavy (non-hydrogen) atoms. The van der Waals surface area contributed by atoms with Gasteiger partial charge in [-0.1, -0.05) is 19.1 Å². The van der Waals surface area contributed by atoms with Gasteiger partial charge in [-0.05, 0) is 41.4 Å². The summed E-state index contributed by atoms with van der Waals surface area (Å²) in [6, 6.07) is 7.04. The standard InChI is InChI=1S/C13H16BrNO3/c1-3-13(2,8-11(16)17)15-12(18)9-6-4-5-7-10(9)14/h4-7H,3,8H2,1-2H3,(H,15,18)(H,16,17)/t13-/m0/s1.